The maximum atomic E-state index is 13.1. The number of nitrogens with one attached hydrogen (secondary N) is 1. The maximum Gasteiger partial charge on any atom is 0.289 e. The molecule has 0 bridgehead atoms. The number of hydrogen-bond donors (Lipinski definition) is 1. The summed E-state index contributed by atoms with van der Waals surface area (Å²) < 4.78 is 14.7. The smallest absolute Gasteiger partial charge is 0.289 e. The molecule has 0 saturated heterocycles. The van der Waals surface area contributed by atoms with Crippen LogP contribution in [-0.4, -0.2) is 20.6 Å². The number of carbonyl (C=O) groups is 1. The SMILES string of the molecule is CCc1c(C(=O)Nc2ccc(Cl)c([N+](=O)[O-])c2)cnn1-c1ccc(F)cc1. The molecule has 3 rings (SSSR count). The lowest BCUT2D eigenvalue weighted by molar-refractivity contribution is -0.384. The van der Waals surface area contributed by atoms with Gasteiger partial charge in [-0.2, -0.15) is 5.10 Å². The molecule has 2 aromatic carbocycles. The molecule has 1 amide bonds. The number of nitro groups is 1. The van der Waals surface area contributed by atoms with Crippen LogP contribution in [0, 0.1) is 15.9 Å². The number of aromatic nitrogens is 2. The van der Waals surface area contributed by atoms with E-state index in [9.17, 15) is 19.3 Å². The Kier molecular flexibility index (Phi) is 5.18. The zero-order chi connectivity index (χ0) is 19.6. The van der Waals surface area contributed by atoms with Gasteiger partial charge in [0, 0.05) is 11.8 Å². The Labute approximate surface area is 158 Å². The predicted molar refractivity (Wildman–Crippen MR) is 99.0 cm³/mol. The summed E-state index contributed by atoms with van der Waals surface area (Å²) in [5.74, 6) is -0.830. The number of amides is 1. The molecule has 0 radical (unpaired) electrons. The molecule has 9 heteroatoms. The van der Waals surface area contributed by atoms with Crippen molar-refractivity contribution >= 4 is 28.9 Å². The molecule has 0 atom stereocenters. The van der Waals surface area contributed by atoms with Crippen LogP contribution in [0.3, 0.4) is 0 Å². The van der Waals surface area contributed by atoms with Crippen LogP contribution in [0.15, 0.2) is 48.7 Å². The van der Waals surface area contributed by atoms with Gasteiger partial charge in [0.1, 0.15) is 10.8 Å². The zero-order valence-corrected chi connectivity index (χ0v) is 14.9. The van der Waals surface area contributed by atoms with Gasteiger partial charge in [-0.25, -0.2) is 9.07 Å². The first-order chi connectivity index (χ1) is 12.9. The Morgan fingerprint density at radius 2 is 2.00 bits per heavy atom. The zero-order valence-electron chi connectivity index (χ0n) is 14.1. The number of anilines is 1. The van der Waals surface area contributed by atoms with Crippen LogP contribution in [0.4, 0.5) is 15.8 Å². The highest BCUT2D eigenvalue weighted by Gasteiger charge is 2.19. The topological polar surface area (TPSA) is 90.1 Å². The Bertz CT molecular complexity index is 1020. The fraction of sp³-hybridized carbons (Fsp3) is 0.111. The van der Waals surface area contributed by atoms with Crippen molar-refractivity contribution in [1.29, 1.82) is 0 Å². The second-order valence-electron chi connectivity index (χ2n) is 5.62. The summed E-state index contributed by atoms with van der Waals surface area (Å²) in [6, 6.07) is 9.75. The van der Waals surface area contributed by atoms with E-state index in [1.165, 1.54) is 36.5 Å². The first kappa shape index (κ1) is 18.5. The van der Waals surface area contributed by atoms with E-state index in [0.717, 1.165) is 0 Å². The van der Waals surface area contributed by atoms with Crippen LogP contribution < -0.4 is 5.32 Å². The quantitative estimate of drug-likeness (QED) is 0.518. The summed E-state index contributed by atoms with van der Waals surface area (Å²) in [6.07, 6.45) is 1.91. The first-order valence-electron chi connectivity index (χ1n) is 7.98. The fourth-order valence-corrected chi connectivity index (χ4v) is 2.82. The van der Waals surface area contributed by atoms with Crippen LogP contribution >= 0.6 is 11.6 Å². The fourth-order valence-electron chi connectivity index (χ4n) is 2.64. The molecule has 0 unspecified atom stereocenters. The van der Waals surface area contributed by atoms with Crippen LogP contribution in [0.25, 0.3) is 5.69 Å². The van der Waals surface area contributed by atoms with Crippen LogP contribution in [0.1, 0.15) is 23.0 Å². The largest absolute Gasteiger partial charge is 0.322 e. The lowest BCUT2D eigenvalue weighted by atomic mass is 10.1. The number of benzene rings is 2. The van der Waals surface area contributed by atoms with Gasteiger partial charge in [-0.3, -0.25) is 14.9 Å². The molecule has 3 aromatic rings. The molecule has 0 aliphatic heterocycles. The number of nitro benzene ring substituents is 1. The third kappa shape index (κ3) is 3.80. The number of hydrogen-bond acceptors (Lipinski definition) is 4. The van der Waals surface area contributed by atoms with Crippen LogP contribution in [-0.2, 0) is 6.42 Å². The van der Waals surface area contributed by atoms with E-state index in [2.05, 4.69) is 10.4 Å². The van der Waals surface area contributed by atoms with E-state index in [1.54, 1.807) is 16.8 Å². The minimum Gasteiger partial charge on any atom is -0.322 e. The number of halogens is 2. The molecular weight excluding hydrogens is 375 g/mol. The van der Waals surface area contributed by atoms with Crippen molar-refractivity contribution in [2.45, 2.75) is 13.3 Å². The van der Waals surface area contributed by atoms with Crippen molar-refractivity contribution in [3.05, 3.63) is 80.9 Å². The molecule has 138 valence electrons. The molecule has 1 aromatic heterocycles. The van der Waals surface area contributed by atoms with E-state index >= 15 is 0 Å². The van der Waals surface area contributed by atoms with Gasteiger partial charge >= 0.3 is 0 Å². The van der Waals surface area contributed by atoms with E-state index in [1.807, 2.05) is 6.92 Å². The second-order valence-corrected chi connectivity index (χ2v) is 6.03. The normalized spacial score (nSPS) is 10.6. The average Bonchev–Trinajstić information content (AvgIpc) is 3.07. The first-order valence-corrected chi connectivity index (χ1v) is 8.36. The molecule has 1 heterocycles. The van der Waals surface area contributed by atoms with Gasteiger partial charge in [-0.1, -0.05) is 18.5 Å². The third-order valence-corrected chi connectivity index (χ3v) is 4.24. The molecular formula is C18H14ClFN4O3. The number of carbonyl (C=O) groups excluding carboxylic acids is 1. The second kappa shape index (κ2) is 7.55. The van der Waals surface area contributed by atoms with Gasteiger partial charge in [0.05, 0.1) is 28.1 Å². The Balaban J connectivity index is 1.91. The number of rotatable bonds is 5. The maximum absolute atomic E-state index is 13.1. The summed E-state index contributed by atoms with van der Waals surface area (Å²) in [6.45, 7) is 1.86. The van der Waals surface area contributed by atoms with Crippen LogP contribution in [0.2, 0.25) is 5.02 Å². The van der Waals surface area contributed by atoms with Crippen molar-refractivity contribution in [3.63, 3.8) is 0 Å². The lowest BCUT2D eigenvalue weighted by Crippen LogP contribution is -2.14. The van der Waals surface area contributed by atoms with Gasteiger partial charge in [-0.05, 0) is 42.8 Å². The summed E-state index contributed by atoms with van der Waals surface area (Å²) >= 11 is 5.78. The van der Waals surface area contributed by atoms with Crippen molar-refractivity contribution in [3.8, 4) is 5.69 Å². The molecule has 0 fully saturated rings. The van der Waals surface area contributed by atoms with Gasteiger partial charge < -0.3 is 5.32 Å². The van der Waals surface area contributed by atoms with E-state index in [-0.39, 0.29) is 22.2 Å². The highest BCUT2D eigenvalue weighted by molar-refractivity contribution is 6.32. The highest BCUT2D eigenvalue weighted by Crippen LogP contribution is 2.28. The van der Waals surface area contributed by atoms with Gasteiger partial charge in [0.25, 0.3) is 11.6 Å². The predicted octanol–water partition coefficient (Wildman–Crippen LogP) is 4.39. The third-order valence-electron chi connectivity index (χ3n) is 3.92. The summed E-state index contributed by atoms with van der Waals surface area (Å²) in [5.41, 5.74) is 1.51. The molecule has 0 spiro atoms. The molecule has 0 aliphatic rings. The van der Waals surface area contributed by atoms with E-state index in [0.29, 0.717) is 23.4 Å². The molecule has 7 nitrogen and oxygen atoms in total. The minimum absolute atomic E-state index is 0.0172. The van der Waals surface area contributed by atoms with Crippen molar-refractivity contribution < 1.29 is 14.1 Å². The van der Waals surface area contributed by atoms with Crippen LogP contribution in [0.5, 0.6) is 0 Å². The summed E-state index contributed by atoms with van der Waals surface area (Å²) in [4.78, 5) is 23.0. The van der Waals surface area contributed by atoms with Crippen molar-refractivity contribution in [1.82, 2.24) is 9.78 Å². The lowest BCUT2D eigenvalue weighted by Gasteiger charge is -2.09. The Morgan fingerprint density at radius 1 is 1.30 bits per heavy atom. The summed E-state index contributed by atoms with van der Waals surface area (Å²) in [7, 11) is 0. The van der Waals surface area contributed by atoms with E-state index < -0.39 is 10.8 Å². The molecule has 0 saturated carbocycles. The minimum atomic E-state index is -0.623. The Morgan fingerprint density at radius 3 is 2.63 bits per heavy atom. The van der Waals surface area contributed by atoms with Crippen molar-refractivity contribution in [2.24, 2.45) is 0 Å². The summed E-state index contributed by atoms with van der Waals surface area (Å²) in [5, 5.41) is 17.8. The van der Waals surface area contributed by atoms with E-state index in [4.69, 9.17) is 11.6 Å². The standard InChI is InChI=1S/C18H14ClFN4O3/c1-2-16-14(10-21-23(16)13-6-3-11(20)4-7-13)18(25)22-12-5-8-15(19)17(9-12)24(26)27/h3-10H,2H2,1H3,(H,22,25). The molecule has 0 aliphatic carbocycles. The van der Waals surface area contributed by atoms with Gasteiger partial charge in [0.2, 0.25) is 0 Å². The average molecular weight is 389 g/mol. The Hall–Kier alpha value is -3.26. The molecule has 27 heavy (non-hydrogen) atoms. The van der Waals surface area contributed by atoms with Crippen molar-refractivity contribution in [2.75, 3.05) is 5.32 Å². The van der Waals surface area contributed by atoms with Gasteiger partial charge in [0.15, 0.2) is 0 Å². The highest BCUT2D eigenvalue weighted by atomic mass is 35.5. The van der Waals surface area contributed by atoms with Gasteiger partial charge in [-0.15, -0.1) is 0 Å². The molecule has 1 N–H and O–H groups in total. The number of nitrogens with zero attached hydrogens (tertiary/aromatic N) is 3. The monoisotopic (exact) mass is 388 g/mol.